The first-order valence-electron chi connectivity index (χ1n) is 5.65. The summed E-state index contributed by atoms with van der Waals surface area (Å²) in [6.07, 6.45) is 6.13. The van der Waals surface area contributed by atoms with Gasteiger partial charge in [-0.15, -0.1) is 5.10 Å². The molecule has 0 aliphatic carbocycles. The summed E-state index contributed by atoms with van der Waals surface area (Å²) in [7, 11) is 0. The van der Waals surface area contributed by atoms with Gasteiger partial charge in [-0.2, -0.15) is 0 Å². The van der Waals surface area contributed by atoms with Gasteiger partial charge in [0.2, 0.25) is 0 Å². The third-order valence-electron chi connectivity index (χ3n) is 2.59. The van der Waals surface area contributed by atoms with Crippen LogP contribution in [0.4, 0.5) is 0 Å². The number of aryl methyl sites for hydroxylation is 3. The standard InChI is InChI=1S/C10H15N7O/c1-2-9-12-3-4-16(9)5-6-17-7-8(14-15-17)10(18)13-11/h3-4,7H,2,5-6,11H2,1H3,(H,13,18). The molecule has 8 heteroatoms. The van der Waals surface area contributed by atoms with E-state index in [1.807, 2.05) is 16.2 Å². The Hall–Kier alpha value is -2.22. The van der Waals surface area contributed by atoms with Gasteiger partial charge in [0.25, 0.3) is 5.91 Å². The second kappa shape index (κ2) is 5.41. The van der Waals surface area contributed by atoms with Crippen molar-refractivity contribution in [2.75, 3.05) is 0 Å². The van der Waals surface area contributed by atoms with Crippen molar-refractivity contribution >= 4 is 5.91 Å². The second-order valence-corrected chi connectivity index (χ2v) is 3.73. The third-order valence-corrected chi connectivity index (χ3v) is 2.59. The van der Waals surface area contributed by atoms with Crippen molar-refractivity contribution in [1.29, 1.82) is 0 Å². The van der Waals surface area contributed by atoms with E-state index < -0.39 is 5.91 Å². The van der Waals surface area contributed by atoms with Crippen molar-refractivity contribution < 1.29 is 4.79 Å². The van der Waals surface area contributed by atoms with Crippen molar-refractivity contribution in [3.05, 3.63) is 30.1 Å². The molecule has 0 fully saturated rings. The Bertz CT molecular complexity index is 530. The summed E-state index contributed by atoms with van der Waals surface area (Å²) in [5, 5.41) is 7.58. The Morgan fingerprint density at radius 2 is 2.33 bits per heavy atom. The third kappa shape index (κ3) is 2.54. The van der Waals surface area contributed by atoms with E-state index in [1.165, 1.54) is 0 Å². The number of nitrogens with one attached hydrogen (secondary N) is 1. The van der Waals surface area contributed by atoms with Crippen LogP contribution in [0.25, 0.3) is 0 Å². The molecule has 0 spiro atoms. The molecule has 2 rings (SSSR count). The molecule has 0 unspecified atom stereocenters. The predicted molar refractivity (Wildman–Crippen MR) is 63.3 cm³/mol. The fraction of sp³-hybridized carbons (Fsp3) is 0.400. The highest BCUT2D eigenvalue weighted by Gasteiger charge is 2.08. The Labute approximate surface area is 104 Å². The lowest BCUT2D eigenvalue weighted by Crippen LogP contribution is -2.30. The average molecular weight is 249 g/mol. The summed E-state index contributed by atoms with van der Waals surface area (Å²) in [5.41, 5.74) is 2.22. The quantitative estimate of drug-likeness (QED) is 0.416. The molecule has 8 nitrogen and oxygen atoms in total. The number of nitrogens with zero attached hydrogens (tertiary/aromatic N) is 5. The van der Waals surface area contributed by atoms with Crippen molar-refractivity contribution in [2.45, 2.75) is 26.4 Å². The van der Waals surface area contributed by atoms with E-state index in [2.05, 4.69) is 22.2 Å². The fourth-order valence-corrected chi connectivity index (χ4v) is 1.65. The molecule has 0 radical (unpaired) electrons. The molecule has 2 aromatic rings. The van der Waals surface area contributed by atoms with E-state index in [0.29, 0.717) is 6.54 Å². The maximum atomic E-state index is 11.2. The van der Waals surface area contributed by atoms with Crippen molar-refractivity contribution in [3.8, 4) is 0 Å². The molecule has 2 aromatic heterocycles. The number of carbonyl (C=O) groups is 1. The Balaban J connectivity index is 1.98. The van der Waals surface area contributed by atoms with Crippen LogP contribution in [-0.4, -0.2) is 30.5 Å². The van der Waals surface area contributed by atoms with E-state index >= 15 is 0 Å². The highest BCUT2D eigenvalue weighted by Crippen LogP contribution is 2.00. The molecule has 0 saturated heterocycles. The number of carbonyl (C=O) groups excluding carboxylic acids is 1. The molecule has 18 heavy (non-hydrogen) atoms. The van der Waals surface area contributed by atoms with E-state index in [-0.39, 0.29) is 5.69 Å². The number of hydrogen-bond donors (Lipinski definition) is 2. The van der Waals surface area contributed by atoms with E-state index in [4.69, 9.17) is 5.84 Å². The number of hydrogen-bond acceptors (Lipinski definition) is 5. The fourth-order valence-electron chi connectivity index (χ4n) is 1.65. The van der Waals surface area contributed by atoms with Crippen molar-refractivity contribution in [2.24, 2.45) is 5.84 Å². The van der Waals surface area contributed by atoms with Gasteiger partial charge in [-0.05, 0) is 0 Å². The zero-order valence-electron chi connectivity index (χ0n) is 10.1. The number of rotatable bonds is 5. The molecular weight excluding hydrogens is 234 g/mol. The number of nitrogens with two attached hydrogens (primary N) is 1. The van der Waals surface area contributed by atoms with Crippen LogP contribution in [0.1, 0.15) is 23.2 Å². The number of nitrogen functional groups attached to an aromatic ring is 1. The lowest BCUT2D eigenvalue weighted by atomic mass is 10.4. The highest BCUT2D eigenvalue weighted by molar-refractivity contribution is 5.91. The van der Waals surface area contributed by atoms with E-state index in [0.717, 1.165) is 18.8 Å². The van der Waals surface area contributed by atoms with Gasteiger partial charge in [-0.25, -0.2) is 15.5 Å². The Kier molecular flexibility index (Phi) is 3.68. The van der Waals surface area contributed by atoms with Crippen LogP contribution in [0.3, 0.4) is 0 Å². The lowest BCUT2D eigenvalue weighted by Gasteiger charge is -2.05. The summed E-state index contributed by atoms with van der Waals surface area (Å²) in [6.45, 7) is 3.41. The summed E-state index contributed by atoms with van der Waals surface area (Å²) in [5.74, 6) is 5.59. The van der Waals surface area contributed by atoms with Crippen molar-refractivity contribution in [1.82, 2.24) is 30.0 Å². The van der Waals surface area contributed by atoms with Gasteiger partial charge in [-0.3, -0.25) is 10.2 Å². The lowest BCUT2D eigenvalue weighted by molar-refractivity contribution is 0.0948. The molecule has 1 amide bonds. The van der Waals surface area contributed by atoms with Gasteiger partial charge in [0, 0.05) is 25.4 Å². The SMILES string of the molecule is CCc1nccn1CCn1cc(C(=O)NN)nn1. The molecule has 3 N–H and O–H groups in total. The molecule has 2 heterocycles. The van der Waals surface area contributed by atoms with Crippen LogP contribution in [0.5, 0.6) is 0 Å². The zero-order valence-corrected chi connectivity index (χ0v) is 10.1. The van der Waals surface area contributed by atoms with Crippen LogP contribution in [0.2, 0.25) is 0 Å². The van der Waals surface area contributed by atoms with Gasteiger partial charge >= 0.3 is 0 Å². The zero-order chi connectivity index (χ0) is 13.0. The summed E-state index contributed by atoms with van der Waals surface area (Å²) >= 11 is 0. The summed E-state index contributed by atoms with van der Waals surface area (Å²) in [4.78, 5) is 15.4. The topological polar surface area (TPSA) is 104 Å². The minimum atomic E-state index is -0.446. The number of aromatic nitrogens is 5. The monoisotopic (exact) mass is 249 g/mol. The first-order chi connectivity index (χ1) is 8.74. The smallest absolute Gasteiger partial charge is 0.287 e. The molecule has 0 saturated carbocycles. The Morgan fingerprint density at radius 1 is 1.50 bits per heavy atom. The normalized spacial score (nSPS) is 10.6. The molecule has 0 aliphatic heterocycles. The minimum absolute atomic E-state index is 0.207. The van der Waals surface area contributed by atoms with E-state index in [9.17, 15) is 4.79 Å². The predicted octanol–water partition coefficient (Wildman–Crippen LogP) is -0.659. The van der Waals surface area contributed by atoms with Crippen LogP contribution < -0.4 is 11.3 Å². The molecule has 0 bridgehead atoms. The molecule has 0 aliphatic rings. The number of amides is 1. The summed E-state index contributed by atoms with van der Waals surface area (Å²) < 4.78 is 3.65. The second-order valence-electron chi connectivity index (χ2n) is 3.73. The van der Waals surface area contributed by atoms with Gasteiger partial charge in [0.05, 0.1) is 12.7 Å². The average Bonchev–Trinajstić information content (AvgIpc) is 3.03. The molecule has 96 valence electrons. The highest BCUT2D eigenvalue weighted by atomic mass is 16.2. The molecule has 0 aromatic carbocycles. The van der Waals surface area contributed by atoms with Gasteiger partial charge in [0.15, 0.2) is 5.69 Å². The minimum Gasteiger partial charge on any atom is -0.333 e. The van der Waals surface area contributed by atoms with Crippen LogP contribution in [0, 0.1) is 0 Å². The van der Waals surface area contributed by atoms with Crippen LogP contribution in [0.15, 0.2) is 18.6 Å². The maximum absolute atomic E-state index is 11.2. The van der Waals surface area contributed by atoms with Gasteiger partial charge in [-0.1, -0.05) is 12.1 Å². The largest absolute Gasteiger partial charge is 0.333 e. The van der Waals surface area contributed by atoms with Crippen LogP contribution >= 0.6 is 0 Å². The van der Waals surface area contributed by atoms with Crippen molar-refractivity contribution in [3.63, 3.8) is 0 Å². The van der Waals surface area contributed by atoms with E-state index in [1.54, 1.807) is 17.1 Å². The Morgan fingerprint density at radius 3 is 3.06 bits per heavy atom. The first kappa shape index (κ1) is 12.2. The molecule has 0 atom stereocenters. The van der Waals surface area contributed by atoms with Gasteiger partial charge < -0.3 is 4.57 Å². The van der Waals surface area contributed by atoms with Crippen LogP contribution in [-0.2, 0) is 19.5 Å². The first-order valence-corrected chi connectivity index (χ1v) is 5.65. The summed E-state index contributed by atoms with van der Waals surface area (Å²) in [6, 6.07) is 0. The molecular formula is C10H15N7O. The number of imidazole rings is 1. The number of hydrazine groups is 1. The van der Waals surface area contributed by atoms with Gasteiger partial charge in [0.1, 0.15) is 5.82 Å². The maximum Gasteiger partial charge on any atom is 0.287 e.